The Kier molecular flexibility index (Phi) is 3.00. The molecule has 1 aliphatic heterocycles. The van der Waals surface area contributed by atoms with Crippen molar-refractivity contribution in [2.75, 3.05) is 18.1 Å². The molecule has 4 aliphatic carbocycles. The SMILES string of the molecule is O=S1(=O)CCC(O)(CNC2C3CC4CC(C3)CC2C4)C1. The van der Waals surface area contributed by atoms with Crippen LogP contribution in [0.25, 0.3) is 0 Å². The van der Waals surface area contributed by atoms with E-state index in [0.29, 0.717) is 19.0 Å². The van der Waals surface area contributed by atoms with Crippen molar-refractivity contribution in [1.29, 1.82) is 0 Å². The predicted molar refractivity (Wildman–Crippen MR) is 77.1 cm³/mol. The first-order chi connectivity index (χ1) is 9.43. The van der Waals surface area contributed by atoms with E-state index in [-0.39, 0.29) is 11.5 Å². The van der Waals surface area contributed by atoms with Crippen molar-refractivity contribution in [1.82, 2.24) is 5.32 Å². The number of sulfone groups is 1. The molecule has 5 rings (SSSR count). The van der Waals surface area contributed by atoms with Crippen LogP contribution in [-0.2, 0) is 9.84 Å². The van der Waals surface area contributed by atoms with Crippen LogP contribution in [0.1, 0.15) is 38.5 Å². The summed E-state index contributed by atoms with van der Waals surface area (Å²) in [6.07, 6.45) is 7.24. The lowest BCUT2D eigenvalue weighted by Gasteiger charge is -2.55. The van der Waals surface area contributed by atoms with Crippen LogP contribution in [-0.4, -0.2) is 43.2 Å². The highest BCUT2D eigenvalue weighted by atomic mass is 32.2. The van der Waals surface area contributed by atoms with E-state index < -0.39 is 15.4 Å². The maximum atomic E-state index is 11.6. The van der Waals surface area contributed by atoms with Gasteiger partial charge in [-0.2, -0.15) is 0 Å². The lowest BCUT2D eigenvalue weighted by molar-refractivity contribution is -0.0243. The van der Waals surface area contributed by atoms with Crippen molar-refractivity contribution in [2.24, 2.45) is 23.7 Å². The van der Waals surface area contributed by atoms with Gasteiger partial charge in [-0.05, 0) is 62.2 Å². The summed E-state index contributed by atoms with van der Waals surface area (Å²) >= 11 is 0. The van der Waals surface area contributed by atoms with Gasteiger partial charge in [0.2, 0.25) is 0 Å². The molecule has 1 saturated heterocycles. The largest absolute Gasteiger partial charge is 0.387 e. The highest BCUT2D eigenvalue weighted by Gasteiger charge is 2.49. The molecular weight excluding hydrogens is 274 g/mol. The van der Waals surface area contributed by atoms with Crippen molar-refractivity contribution in [3.8, 4) is 0 Å². The molecule has 0 radical (unpaired) electrons. The average Bonchev–Trinajstić information content (AvgIpc) is 2.62. The Morgan fingerprint density at radius 2 is 1.65 bits per heavy atom. The zero-order chi connectivity index (χ0) is 14.0. The van der Waals surface area contributed by atoms with Gasteiger partial charge in [0.15, 0.2) is 9.84 Å². The Labute approximate surface area is 121 Å². The van der Waals surface area contributed by atoms with Crippen LogP contribution >= 0.6 is 0 Å². The van der Waals surface area contributed by atoms with Gasteiger partial charge in [0.25, 0.3) is 0 Å². The van der Waals surface area contributed by atoms with Gasteiger partial charge < -0.3 is 10.4 Å². The predicted octanol–water partition coefficient (Wildman–Crippen LogP) is 0.950. The molecule has 1 atom stereocenters. The third kappa shape index (κ3) is 2.32. The third-order valence-corrected chi connectivity index (χ3v) is 8.06. The molecule has 4 saturated carbocycles. The molecule has 5 fully saturated rings. The summed E-state index contributed by atoms with van der Waals surface area (Å²) in [6, 6.07) is 0.523. The molecule has 4 bridgehead atoms. The Hall–Kier alpha value is -0.130. The van der Waals surface area contributed by atoms with Gasteiger partial charge in [0.1, 0.15) is 0 Å². The second kappa shape index (κ2) is 4.43. The molecule has 5 aliphatic rings. The Bertz CT molecular complexity index is 475. The summed E-state index contributed by atoms with van der Waals surface area (Å²) in [4.78, 5) is 0. The van der Waals surface area contributed by atoms with E-state index in [2.05, 4.69) is 5.32 Å². The van der Waals surface area contributed by atoms with Crippen LogP contribution in [0, 0.1) is 23.7 Å². The normalized spacial score (nSPS) is 52.5. The van der Waals surface area contributed by atoms with Crippen LogP contribution < -0.4 is 5.32 Å². The van der Waals surface area contributed by atoms with E-state index in [4.69, 9.17) is 0 Å². The topological polar surface area (TPSA) is 66.4 Å². The molecule has 0 aromatic heterocycles. The summed E-state index contributed by atoms with van der Waals surface area (Å²) in [5.41, 5.74) is -1.02. The lowest BCUT2D eigenvalue weighted by atomic mass is 9.54. The van der Waals surface area contributed by atoms with E-state index in [9.17, 15) is 13.5 Å². The molecule has 4 nitrogen and oxygen atoms in total. The van der Waals surface area contributed by atoms with Gasteiger partial charge in [-0.15, -0.1) is 0 Å². The lowest BCUT2D eigenvalue weighted by Crippen LogP contribution is -2.57. The van der Waals surface area contributed by atoms with Crippen LogP contribution in [0.3, 0.4) is 0 Å². The van der Waals surface area contributed by atoms with Gasteiger partial charge in [-0.25, -0.2) is 8.42 Å². The minimum absolute atomic E-state index is 0.0553. The summed E-state index contributed by atoms with van der Waals surface area (Å²) in [7, 11) is -3.02. The average molecular weight is 299 g/mol. The number of hydrogen-bond acceptors (Lipinski definition) is 4. The summed E-state index contributed by atoms with van der Waals surface area (Å²) in [5.74, 6) is 3.53. The highest BCUT2D eigenvalue weighted by molar-refractivity contribution is 7.91. The molecule has 2 N–H and O–H groups in total. The summed E-state index contributed by atoms with van der Waals surface area (Å²) in [5, 5.41) is 14.0. The van der Waals surface area contributed by atoms with Crippen LogP contribution in [0.2, 0.25) is 0 Å². The second-order valence-electron chi connectivity index (χ2n) is 7.90. The van der Waals surface area contributed by atoms with Crippen molar-refractivity contribution < 1.29 is 13.5 Å². The van der Waals surface area contributed by atoms with E-state index >= 15 is 0 Å². The van der Waals surface area contributed by atoms with Crippen LogP contribution in [0.4, 0.5) is 0 Å². The smallest absolute Gasteiger partial charge is 0.153 e. The Balaban J connectivity index is 1.41. The first kappa shape index (κ1) is 13.5. The molecule has 0 amide bonds. The molecule has 0 spiro atoms. The van der Waals surface area contributed by atoms with Gasteiger partial charge in [-0.1, -0.05) is 0 Å². The fourth-order valence-corrected chi connectivity index (χ4v) is 7.51. The van der Waals surface area contributed by atoms with E-state index in [1.807, 2.05) is 0 Å². The van der Waals surface area contributed by atoms with Gasteiger partial charge >= 0.3 is 0 Å². The zero-order valence-corrected chi connectivity index (χ0v) is 12.7. The quantitative estimate of drug-likeness (QED) is 0.814. The number of nitrogens with one attached hydrogen (secondary N) is 1. The van der Waals surface area contributed by atoms with Crippen LogP contribution in [0.15, 0.2) is 0 Å². The number of hydrogen-bond donors (Lipinski definition) is 2. The second-order valence-corrected chi connectivity index (χ2v) is 10.1. The number of rotatable bonds is 3. The Morgan fingerprint density at radius 3 is 2.15 bits per heavy atom. The first-order valence-electron chi connectivity index (χ1n) is 8.09. The van der Waals surface area contributed by atoms with Gasteiger partial charge in [-0.3, -0.25) is 0 Å². The fraction of sp³-hybridized carbons (Fsp3) is 1.00. The van der Waals surface area contributed by atoms with Crippen molar-refractivity contribution in [3.05, 3.63) is 0 Å². The summed E-state index contributed by atoms with van der Waals surface area (Å²) in [6.45, 7) is 0.458. The zero-order valence-electron chi connectivity index (χ0n) is 11.9. The maximum absolute atomic E-state index is 11.6. The molecule has 20 heavy (non-hydrogen) atoms. The van der Waals surface area contributed by atoms with Gasteiger partial charge in [0, 0.05) is 12.6 Å². The van der Waals surface area contributed by atoms with Gasteiger partial charge in [0.05, 0.1) is 17.1 Å². The summed E-state index contributed by atoms with van der Waals surface area (Å²) < 4.78 is 23.1. The van der Waals surface area contributed by atoms with Crippen molar-refractivity contribution >= 4 is 9.84 Å². The molecule has 114 valence electrons. The molecule has 1 unspecified atom stereocenters. The minimum atomic E-state index is -3.02. The van der Waals surface area contributed by atoms with E-state index in [0.717, 1.165) is 23.7 Å². The Morgan fingerprint density at radius 1 is 1.05 bits per heavy atom. The third-order valence-electron chi connectivity index (χ3n) is 6.26. The fourth-order valence-electron chi connectivity index (χ4n) is 5.60. The standard InChI is InChI=1S/C15H25NO3S/c17-15(1-2-20(18,19)9-15)8-16-14-12-4-10-3-11(6-12)7-13(14)5-10/h10-14,16-17H,1-9H2. The molecule has 5 heteroatoms. The highest BCUT2D eigenvalue weighted by Crippen LogP contribution is 2.53. The monoisotopic (exact) mass is 299 g/mol. The van der Waals surface area contributed by atoms with E-state index in [1.165, 1.54) is 32.1 Å². The first-order valence-corrected chi connectivity index (χ1v) is 9.91. The molecule has 1 heterocycles. The van der Waals surface area contributed by atoms with Crippen molar-refractivity contribution in [2.45, 2.75) is 50.2 Å². The molecule has 0 aromatic carbocycles. The molecular formula is C15H25NO3S. The number of aliphatic hydroxyl groups is 1. The molecule has 0 aromatic rings. The minimum Gasteiger partial charge on any atom is -0.387 e. The van der Waals surface area contributed by atoms with Crippen molar-refractivity contribution in [3.63, 3.8) is 0 Å². The van der Waals surface area contributed by atoms with E-state index in [1.54, 1.807) is 0 Å². The van der Waals surface area contributed by atoms with Crippen LogP contribution in [0.5, 0.6) is 0 Å². The maximum Gasteiger partial charge on any atom is 0.153 e.